The van der Waals surface area contributed by atoms with Gasteiger partial charge in [0.15, 0.2) is 9.84 Å². The van der Waals surface area contributed by atoms with Crippen LogP contribution in [-0.2, 0) is 9.84 Å². The molecule has 0 aliphatic rings. The second kappa shape index (κ2) is 4.33. The monoisotopic (exact) mass is 246 g/mol. The molecular formula is C10H11ClO3S. The Kier molecular flexibility index (Phi) is 3.52. The zero-order valence-electron chi connectivity index (χ0n) is 8.40. The smallest absolute Gasteiger partial charge is 0.252 e. The first-order valence-electron chi connectivity index (χ1n) is 4.39. The standard InChI is InChI=1S/C10H11ClO3S/c1-7(2)15(13,14)9-5-3-8(4-6-9)10(11)12/h3-7H,1-2H3. The Morgan fingerprint density at radius 1 is 1.20 bits per heavy atom. The van der Waals surface area contributed by atoms with Crippen molar-refractivity contribution in [1.29, 1.82) is 0 Å². The van der Waals surface area contributed by atoms with Crippen molar-refractivity contribution in [1.82, 2.24) is 0 Å². The molecule has 0 aromatic heterocycles. The lowest BCUT2D eigenvalue weighted by Gasteiger charge is -2.07. The molecule has 0 aliphatic heterocycles. The van der Waals surface area contributed by atoms with Crippen LogP contribution in [0.15, 0.2) is 29.2 Å². The summed E-state index contributed by atoms with van der Waals surface area (Å²) in [7, 11) is -3.27. The number of rotatable bonds is 3. The van der Waals surface area contributed by atoms with Crippen LogP contribution in [0.1, 0.15) is 24.2 Å². The molecule has 0 atom stereocenters. The Morgan fingerprint density at radius 2 is 1.67 bits per heavy atom. The molecular weight excluding hydrogens is 236 g/mol. The van der Waals surface area contributed by atoms with Crippen molar-refractivity contribution in [2.24, 2.45) is 0 Å². The predicted octanol–water partition coefficient (Wildman–Crippen LogP) is 2.25. The van der Waals surface area contributed by atoms with Gasteiger partial charge in [-0.2, -0.15) is 0 Å². The largest absolute Gasteiger partial charge is 0.276 e. The van der Waals surface area contributed by atoms with Gasteiger partial charge in [-0.3, -0.25) is 4.79 Å². The first kappa shape index (κ1) is 12.2. The summed E-state index contributed by atoms with van der Waals surface area (Å²) in [5.41, 5.74) is 0.291. The third kappa shape index (κ3) is 2.58. The molecule has 82 valence electrons. The van der Waals surface area contributed by atoms with Crippen LogP contribution in [0.25, 0.3) is 0 Å². The van der Waals surface area contributed by atoms with Crippen LogP contribution in [0, 0.1) is 0 Å². The van der Waals surface area contributed by atoms with E-state index in [1.165, 1.54) is 24.3 Å². The van der Waals surface area contributed by atoms with Crippen molar-refractivity contribution in [3.63, 3.8) is 0 Å². The van der Waals surface area contributed by atoms with Crippen molar-refractivity contribution < 1.29 is 13.2 Å². The molecule has 0 bridgehead atoms. The molecule has 1 aromatic rings. The summed E-state index contributed by atoms with van der Waals surface area (Å²) in [4.78, 5) is 11.0. The van der Waals surface area contributed by atoms with Crippen LogP contribution in [0.5, 0.6) is 0 Å². The number of hydrogen-bond acceptors (Lipinski definition) is 3. The van der Waals surface area contributed by atoms with Crippen molar-refractivity contribution in [2.75, 3.05) is 0 Å². The van der Waals surface area contributed by atoms with Gasteiger partial charge in [0.1, 0.15) is 0 Å². The minimum absolute atomic E-state index is 0.208. The molecule has 3 nitrogen and oxygen atoms in total. The fourth-order valence-electron chi connectivity index (χ4n) is 1.05. The van der Waals surface area contributed by atoms with Gasteiger partial charge in [-0.15, -0.1) is 0 Å². The van der Waals surface area contributed by atoms with E-state index in [0.29, 0.717) is 5.56 Å². The first-order valence-corrected chi connectivity index (χ1v) is 6.32. The Balaban J connectivity index is 3.15. The molecule has 0 heterocycles. The number of carbonyl (C=O) groups is 1. The molecule has 0 spiro atoms. The molecule has 0 radical (unpaired) electrons. The summed E-state index contributed by atoms with van der Waals surface area (Å²) >= 11 is 5.24. The Hall–Kier alpha value is -0.870. The lowest BCUT2D eigenvalue weighted by Crippen LogP contribution is -2.13. The lowest BCUT2D eigenvalue weighted by atomic mass is 10.2. The third-order valence-electron chi connectivity index (χ3n) is 2.03. The maximum atomic E-state index is 11.7. The van der Waals surface area contributed by atoms with Crippen LogP contribution in [0.3, 0.4) is 0 Å². The highest BCUT2D eigenvalue weighted by Gasteiger charge is 2.18. The van der Waals surface area contributed by atoms with Gasteiger partial charge in [-0.25, -0.2) is 8.42 Å². The van der Waals surface area contributed by atoms with E-state index in [2.05, 4.69) is 0 Å². The molecule has 0 N–H and O–H groups in total. The summed E-state index contributed by atoms with van der Waals surface area (Å²) in [6.07, 6.45) is 0. The molecule has 0 saturated heterocycles. The highest BCUT2D eigenvalue weighted by atomic mass is 35.5. The second-order valence-corrected chi connectivity index (χ2v) is 6.24. The molecule has 5 heteroatoms. The minimum Gasteiger partial charge on any atom is -0.276 e. The lowest BCUT2D eigenvalue weighted by molar-refractivity contribution is 0.108. The maximum Gasteiger partial charge on any atom is 0.252 e. The van der Waals surface area contributed by atoms with E-state index in [4.69, 9.17) is 11.6 Å². The van der Waals surface area contributed by atoms with Gasteiger partial charge >= 0.3 is 0 Å². The maximum absolute atomic E-state index is 11.7. The Morgan fingerprint density at radius 3 is 2.00 bits per heavy atom. The van der Waals surface area contributed by atoms with E-state index in [9.17, 15) is 13.2 Å². The van der Waals surface area contributed by atoms with Crippen LogP contribution in [-0.4, -0.2) is 18.9 Å². The van der Waals surface area contributed by atoms with Gasteiger partial charge in [-0.05, 0) is 49.7 Å². The molecule has 0 unspecified atom stereocenters. The summed E-state index contributed by atoms with van der Waals surface area (Å²) < 4.78 is 23.4. The van der Waals surface area contributed by atoms with Gasteiger partial charge in [0, 0.05) is 5.56 Å². The molecule has 1 rings (SSSR count). The number of sulfone groups is 1. The van der Waals surface area contributed by atoms with Crippen molar-refractivity contribution >= 4 is 26.7 Å². The average Bonchev–Trinajstić information content (AvgIpc) is 2.17. The molecule has 0 fully saturated rings. The highest BCUT2D eigenvalue weighted by Crippen LogP contribution is 2.17. The topological polar surface area (TPSA) is 51.2 Å². The molecule has 15 heavy (non-hydrogen) atoms. The summed E-state index contributed by atoms with van der Waals surface area (Å²) in [6, 6.07) is 5.60. The number of carbonyl (C=O) groups excluding carboxylic acids is 1. The van der Waals surface area contributed by atoms with Gasteiger partial charge in [-0.1, -0.05) is 0 Å². The SMILES string of the molecule is CC(C)S(=O)(=O)c1ccc(C(=O)Cl)cc1. The van der Waals surface area contributed by atoms with E-state index < -0.39 is 20.3 Å². The van der Waals surface area contributed by atoms with E-state index in [-0.39, 0.29) is 4.90 Å². The van der Waals surface area contributed by atoms with Crippen LogP contribution in [0.4, 0.5) is 0 Å². The quantitative estimate of drug-likeness (QED) is 0.769. The Bertz CT molecular complexity index is 460. The fraction of sp³-hybridized carbons (Fsp3) is 0.300. The third-order valence-corrected chi connectivity index (χ3v) is 4.42. The highest BCUT2D eigenvalue weighted by molar-refractivity contribution is 7.92. The van der Waals surface area contributed by atoms with E-state index >= 15 is 0 Å². The molecule has 0 aliphatic carbocycles. The normalized spacial score (nSPS) is 11.7. The van der Waals surface area contributed by atoms with Gasteiger partial charge < -0.3 is 0 Å². The summed E-state index contributed by atoms with van der Waals surface area (Å²) in [5.74, 6) is 0. The Labute approximate surface area is 94.0 Å². The van der Waals surface area contributed by atoms with Crippen molar-refractivity contribution in [3.8, 4) is 0 Å². The van der Waals surface area contributed by atoms with Gasteiger partial charge in [0.25, 0.3) is 5.24 Å². The van der Waals surface area contributed by atoms with E-state index in [0.717, 1.165) is 0 Å². The average molecular weight is 247 g/mol. The minimum atomic E-state index is -3.27. The summed E-state index contributed by atoms with van der Waals surface area (Å²) in [6.45, 7) is 3.21. The zero-order chi connectivity index (χ0) is 11.6. The molecule has 0 saturated carbocycles. The van der Waals surface area contributed by atoms with Crippen LogP contribution in [0.2, 0.25) is 0 Å². The predicted molar refractivity (Wildman–Crippen MR) is 58.9 cm³/mol. The van der Waals surface area contributed by atoms with Crippen molar-refractivity contribution in [3.05, 3.63) is 29.8 Å². The number of benzene rings is 1. The molecule has 1 aromatic carbocycles. The van der Waals surface area contributed by atoms with Gasteiger partial charge in [0.2, 0.25) is 0 Å². The van der Waals surface area contributed by atoms with E-state index in [1.807, 2.05) is 0 Å². The van der Waals surface area contributed by atoms with E-state index in [1.54, 1.807) is 13.8 Å². The van der Waals surface area contributed by atoms with Crippen molar-refractivity contribution in [2.45, 2.75) is 24.0 Å². The molecule has 0 amide bonds. The number of halogens is 1. The van der Waals surface area contributed by atoms with Crippen LogP contribution < -0.4 is 0 Å². The fourth-order valence-corrected chi connectivity index (χ4v) is 2.23. The number of hydrogen-bond donors (Lipinski definition) is 0. The van der Waals surface area contributed by atoms with Crippen LogP contribution >= 0.6 is 11.6 Å². The summed E-state index contributed by atoms with van der Waals surface area (Å²) in [5, 5.41) is -1.07. The first-order chi connectivity index (χ1) is 6.85. The zero-order valence-corrected chi connectivity index (χ0v) is 9.97. The second-order valence-electron chi connectivity index (χ2n) is 3.39. The van der Waals surface area contributed by atoms with Gasteiger partial charge in [0.05, 0.1) is 10.1 Å².